The van der Waals surface area contributed by atoms with E-state index >= 15 is 0 Å². The third-order valence-corrected chi connectivity index (χ3v) is 1.68. The van der Waals surface area contributed by atoms with Crippen molar-refractivity contribution in [3.8, 4) is 0 Å². The first-order chi connectivity index (χ1) is 5.74. The molecule has 0 N–H and O–H groups in total. The van der Waals surface area contributed by atoms with Crippen LogP contribution in [0.2, 0.25) is 0 Å². The predicted molar refractivity (Wildman–Crippen MR) is 41.9 cm³/mol. The Kier molecular flexibility index (Phi) is 3.34. The molecule has 0 amide bonds. The highest BCUT2D eigenvalue weighted by Gasteiger charge is 2.32. The molecule has 1 heterocycles. The number of ether oxygens (including phenoxy) is 3. The van der Waals surface area contributed by atoms with Crippen molar-refractivity contribution in [3.05, 3.63) is 0 Å². The quantitative estimate of drug-likeness (QED) is 0.476. The molecule has 0 radical (unpaired) electrons. The molecule has 2 atom stereocenters. The van der Waals surface area contributed by atoms with Crippen LogP contribution in [0.3, 0.4) is 0 Å². The summed E-state index contributed by atoms with van der Waals surface area (Å²) >= 11 is 0. The zero-order chi connectivity index (χ0) is 8.97. The first-order valence-electron chi connectivity index (χ1n) is 4.19. The molecule has 0 aliphatic carbocycles. The maximum atomic E-state index is 10.6. The van der Waals surface area contributed by atoms with E-state index in [4.69, 9.17) is 14.2 Å². The minimum absolute atomic E-state index is 0.186. The van der Waals surface area contributed by atoms with Crippen molar-refractivity contribution in [2.75, 3.05) is 13.2 Å². The van der Waals surface area contributed by atoms with E-state index in [0.717, 1.165) is 6.42 Å². The Morgan fingerprint density at radius 1 is 1.50 bits per heavy atom. The van der Waals surface area contributed by atoms with E-state index in [9.17, 15) is 4.79 Å². The molecule has 0 bridgehead atoms. The highest BCUT2D eigenvalue weighted by atomic mass is 16.8. The number of hydrogen-bond acceptors (Lipinski definition) is 4. The van der Waals surface area contributed by atoms with Crippen LogP contribution in [0.15, 0.2) is 0 Å². The van der Waals surface area contributed by atoms with Gasteiger partial charge in [0.2, 0.25) is 0 Å². The molecule has 1 aliphatic heterocycles. The van der Waals surface area contributed by atoms with Crippen LogP contribution in [-0.4, -0.2) is 31.6 Å². The molecule has 70 valence electrons. The van der Waals surface area contributed by atoms with Crippen LogP contribution in [0.5, 0.6) is 0 Å². The summed E-state index contributed by atoms with van der Waals surface area (Å²) in [6.07, 6.45) is -0.0402. The Bertz CT molecular complexity index is 157. The van der Waals surface area contributed by atoms with Gasteiger partial charge in [-0.25, -0.2) is 4.79 Å². The minimum atomic E-state index is -0.590. The largest absolute Gasteiger partial charge is 0.509 e. The SMILES string of the molecule is CCCOCC1OC(=O)OC1C. The lowest BCUT2D eigenvalue weighted by Gasteiger charge is -2.10. The van der Waals surface area contributed by atoms with Gasteiger partial charge >= 0.3 is 6.16 Å². The fourth-order valence-electron chi connectivity index (χ4n) is 0.988. The average molecular weight is 174 g/mol. The van der Waals surface area contributed by atoms with Crippen LogP contribution in [0.25, 0.3) is 0 Å². The van der Waals surface area contributed by atoms with Crippen LogP contribution in [-0.2, 0) is 14.2 Å². The number of hydrogen-bond donors (Lipinski definition) is 0. The van der Waals surface area contributed by atoms with Crippen LogP contribution >= 0.6 is 0 Å². The standard InChI is InChI=1S/C8H14O4/c1-3-4-10-5-7-6(2)11-8(9)12-7/h6-7H,3-5H2,1-2H3. The molecule has 1 fully saturated rings. The van der Waals surface area contributed by atoms with Crippen LogP contribution < -0.4 is 0 Å². The normalized spacial score (nSPS) is 28.3. The lowest BCUT2D eigenvalue weighted by molar-refractivity contribution is 0.0346. The van der Waals surface area contributed by atoms with Crippen LogP contribution in [0, 0.1) is 0 Å². The second-order valence-corrected chi connectivity index (χ2v) is 2.80. The number of carbonyl (C=O) groups excluding carboxylic acids is 1. The van der Waals surface area contributed by atoms with Crippen molar-refractivity contribution in [1.29, 1.82) is 0 Å². The van der Waals surface area contributed by atoms with Gasteiger partial charge in [0.25, 0.3) is 0 Å². The molecule has 1 aliphatic rings. The Morgan fingerprint density at radius 3 is 2.75 bits per heavy atom. The van der Waals surface area contributed by atoms with Crippen molar-refractivity contribution in [2.24, 2.45) is 0 Å². The van der Waals surface area contributed by atoms with Crippen molar-refractivity contribution in [1.82, 2.24) is 0 Å². The first kappa shape index (κ1) is 9.32. The zero-order valence-corrected chi connectivity index (χ0v) is 7.41. The molecule has 4 nitrogen and oxygen atoms in total. The van der Waals surface area contributed by atoms with Crippen molar-refractivity contribution in [2.45, 2.75) is 32.5 Å². The first-order valence-corrected chi connectivity index (χ1v) is 4.19. The lowest BCUT2D eigenvalue weighted by atomic mass is 10.2. The smallest absolute Gasteiger partial charge is 0.427 e. The number of cyclic esters (lactones) is 2. The molecule has 0 aromatic rings. The highest BCUT2D eigenvalue weighted by molar-refractivity contribution is 5.62. The molecule has 2 unspecified atom stereocenters. The average Bonchev–Trinajstić information content (AvgIpc) is 2.31. The molecular formula is C8H14O4. The second kappa shape index (κ2) is 4.30. The maximum Gasteiger partial charge on any atom is 0.509 e. The molecule has 1 saturated heterocycles. The summed E-state index contributed by atoms with van der Waals surface area (Å²) in [4.78, 5) is 10.6. The second-order valence-electron chi connectivity index (χ2n) is 2.80. The third-order valence-electron chi connectivity index (χ3n) is 1.68. The van der Waals surface area contributed by atoms with Gasteiger partial charge in [-0.3, -0.25) is 0 Å². The van der Waals surface area contributed by atoms with Gasteiger partial charge in [-0.05, 0) is 13.3 Å². The van der Waals surface area contributed by atoms with E-state index in [1.54, 1.807) is 6.92 Å². The van der Waals surface area contributed by atoms with E-state index in [0.29, 0.717) is 13.2 Å². The molecule has 4 heteroatoms. The number of carbonyl (C=O) groups is 1. The van der Waals surface area contributed by atoms with Gasteiger partial charge in [-0.2, -0.15) is 0 Å². The molecule has 0 aromatic carbocycles. The van der Waals surface area contributed by atoms with E-state index in [2.05, 4.69) is 0 Å². The number of rotatable bonds is 4. The summed E-state index contributed by atoms with van der Waals surface area (Å²) in [5.74, 6) is 0. The van der Waals surface area contributed by atoms with Gasteiger partial charge in [0.05, 0.1) is 6.61 Å². The van der Waals surface area contributed by atoms with Crippen molar-refractivity contribution < 1.29 is 19.0 Å². The fourth-order valence-corrected chi connectivity index (χ4v) is 0.988. The Hall–Kier alpha value is -0.770. The van der Waals surface area contributed by atoms with Crippen molar-refractivity contribution >= 4 is 6.16 Å². The van der Waals surface area contributed by atoms with E-state index < -0.39 is 6.16 Å². The fraction of sp³-hybridized carbons (Fsp3) is 0.875. The minimum Gasteiger partial charge on any atom is -0.427 e. The van der Waals surface area contributed by atoms with Crippen molar-refractivity contribution in [3.63, 3.8) is 0 Å². The topological polar surface area (TPSA) is 44.8 Å². The summed E-state index contributed by atoms with van der Waals surface area (Å²) in [5, 5.41) is 0. The van der Waals surface area contributed by atoms with E-state index in [1.165, 1.54) is 0 Å². The molecule has 1 rings (SSSR count). The summed E-state index contributed by atoms with van der Waals surface area (Å²) in [5.41, 5.74) is 0. The van der Waals surface area contributed by atoms with Gasteiger partial charge < -0.3 is 14.2 Å². The lowest BCUT2D eigenvalue weighted by Crippen LogP contribution is -2.25. The van der Waals surface area contributed by atoms with Gasteiger partial charge in [0.1, 0.15) is 6.10 Å². The van der Waals surface area contributed by atoms with Gasteiger partial charge in [-0.1, -0.05) is 6.92 Å². The van der Waals surface area contributed by atoms with E-state index in [-0.39, 0.29) is 12.2 Å². The summed E-state index contributed by atoms with van der Waals surface area (Å²) in [6.45, 7) is 4.95. The molecular weight excluding hydrogens is 160 g/mol. The molecule has 0 spiro atoms. The summed E-state index contributed by atoms with van der Waals surface area (Å²) < 4.78 is 14.8. The van der Waals surface area contributed by atoms with Crippen LogP contribution in [0.4, 0.5) is 4.79 Å². The maximum absolute atomic E-state index is 10.6. The molecule has 0 saturated carbocycles. The summed E-state index contributed by atoms with van der Waals surface area (Å²) in [6, 6.07) is 0. The summed E-state index contributed by atoms with van der Waals surface area (Å²) in [7, 11) is 0. The van der Waals surface area contributed by atoms with Gasteiger partial charge in [-0.15, -0.1) is 0 Å². The van der Waals surface area contributed by atoms with E-state index in [1.807, 2.05) is 6.92 Å². The highest BCUT2D eigenvalue weighted by Crippen LogP contribution is 2.14. The predicted octanol–water partition coefficient (Wildman–Crippen LogP) is 1.34. The Balaban J connectivity index is 2.19. The zero-order valence-electron chi connectivity index (χ0n) is 7.41. The van der Waals surface area contributed by atoms with Gasteiger partial charge in [0, 0.05) is 6.61 Å². The van der Waals surface area contributed by atoms with Gasteiger partial charge in [0.15, 0.2) is 6.10 Å². The monoisotopic (exact) mass is 174 g/mol. The molecule has 0 aromatic heterocycles. The Morgan fingerprint density at radius 2 is 2.25 bits per heavy atom. The molecule has 12 heavy (non-hydrogen) atoms. The third kappa shape index (κ3) is 2.37. The van der Waals surface area contributed by atoms with Crippen LogP contribution in [0.1, 0.15) is 20.3 Å². The Labute approximate surface area is 71.8 Å².